The molecule has 0 aliphatic heterocycles. The Labute approximate surface area is 117 Å². The summed E-state index contributed by atoms with van der Waals surface area (Å²) in [5, 5.41) is 6.29. The number of ether oxygens (including phenoxy) is 2. The second-order valence-electron chi connectivity index (χ2n) is 4.03. The average molecular weight is 297 g/mol. The van der Waals surface area contributed by atoms with Crippen LogP contribution in [0.15, 0.2) is 29.3 Å². The maximum Gasteiger partial charge on any atom is 0.265 e. The standard InChI is InChI=1S/C12H15N3O4S/c1-8-12(7-13-14-8)20(16,17)15-9-4-5-10(18-2)11(6-9)19-3/h4-7,15H,1-3H3,(H,13,14). The van der Waals surface area contributed by atoms with Gasteiger partial charge in [-0.25, -0.2) is 8.42 Å². The van der Waals surface area contributed by atoms with Gasteiger partial charge in [-0.15, -0.1) is 0 Å². The van der Waals surface area contributed by atoms with Crippen LogP contribution in [-0.2, 0) is 10.0 Å². The summed E-state index contributed by atoms with van der Waals surface area (Å²) in [6.07, 6.45) is 1.26. The van der Waals surface area contributed by atoms with E-state index in [1.165, 1.54) is 20.4 Å². The van der Waals surface area contributed by atoms with E-state index >= 15 is 0 Å². The van der Waals surface area contributed by atoms with Crippen molar-refractivity contribution in [3.63, 3.8) is 0 Å². The molecule has 0 aliphatic carbocycles. The minimum absolute atomic E-state index is 0.104. The molecule has 1 aromatic carbocycles. The van der Waals surface area contributed by atoms with Crippen molar-refractivity contribution >= 4 is 15.7 Å². The number of hydrogen-bond acceptors (Lipinski definition) is 5. The van der Waals surface area contributed by atoms with Gasteiger partial charge in [-0.3, -0.25) is 9.82 Å². The molecule has 1 aromatic heterocycles. The van der Waals surface area contributed by atoms with Crippen molar-refractivity contribution in [2.24, 2.45) is 0 Å². The molecule has 0 saturated heterocycles. The second-order valence-corrected chi connectivity index (χ2v) is 5.69. The van der Waals surface area contributed by atoms with Gasteiger partial charge in [0.2, 0.25) is 0 Å². The summed E-state index contributed by atoms with van der Waals surface area (Å²) in [7, 11) is -0.692. The van der Waals surface area contributed by atoms with Crippen LogP contribution in [0.5, 0.6) is 11.5 Å². The molecule has 20 heavy (non-hydrogen) atoms. The smallest absolute Gasteiger partial charge is 0.265 e. The van der Waals surface area contributed by atoms with Gasteiger partial charge in [0.1, 0.15) is 4.90 Å². The van der Waals surface area contributed by atoms with Crippen LogP contribution in [0.4, 0.5) is 5.69 Å². The van der Waals surface area contributed by atoms with E-state index in [2.05, 4.69) is 14.9 Å². The minimum atomic E-state index is -3.69. The number of nitrogens with one attached hydrogen (secondary N) is 2. The van der Waals surface area contributed by atoms with Crippen LogP contribution in [0.3, 0.4) is 0 Å². The van der Waals surface area contributed by atoms with E-state index in [0.717, 1.165) is 0 Å². The largest absolute Gasteiger partial charge is 0.493 e. The van der Waals surface area contributed by atoms with Gasteiger partial charge in [-0.2, -0.15) is 5.10 Å². The molecular weight excluding hydrogens is 282 g/mol. The Hall–Kier alpha value is -2.22. The van der Waals surface area contributed by atoms with Crippen molar-refractivity contribution in [1.82, 2.24) is 10.2 Å². The SMILES string of the molecule is COc1ccc(NS(=O)(=O)c2cn[nH]c2C)cc1OC. The third-order valence-electron chi connectivity index (χ3n) is 2.71. The lowest BCUT2D eigenvalue weighted by Gasteiger charge is -2.11. The highest BCUT2D eigenvalue weighted by Gasteiger charge is 2.19. The maximum atomic E-state index is 12.2. The quantitative estimate of drug-likeness (QED) is 0.873. The second kappa shape index (κ2) is 5.41. The first-order valence-electron chi connectivity index (χ1n) is 5.72. The minimum Gasteiger partial charge on any atom is -0.493 e. The van der Waals surface area contributed by atoms with E-state index in [1.807, 2.05) is 0 Å². The van der Waals surface area contributed by atoms with Crippen LogP contribution >= 0.6 is 0 Å². The molecule has 0 atom stereocenters. The zero-order valence-electron chi connectivity index (χ0n) is 11.3. The first kappa shape index (κ1) is 14.2. The zero-order valence-corrected chi connectivity index (χ0v) is 12.1. The number of hydrogen-bond donors (Lipinski definition) is 2. The fraction of sp³-hybridized carbons (Fsp3) is 0.250. The molecule has 2 rings (SSSR count). The van der Waals surface area contributed by atoms with Crippen molar-refractivity contribution in [1.29, 1.82) is 0 Å². The average Bonchev–Trinajstić information content (AvgIpc) is 2.85. The summed E-state index contributed by atoms with van der Waals surface area (Å²) in [4.78, 5) is 0.104. The summed E-state index contributed by atoms with van der Waals surface area (Å²) >= 11 is 0. The van der Waals surface area contributed by atoms with Crippen molar-refractivity contribution in [3.8, 4) is 11.5 Å². The topological polar surface area (TPSA) is 93.3 Å². The van der Waals surface area contributed by atoms with E-state index in [4.69, 9.17) is 9.47 Å². The molecule has 0 amide bonds. The van der Waals surface area contributed by atoms with Crippen LogP contribution in [-0.4, -0.2) is 32.8 Å². The van der Waals surface area contributed by atoms with Crippen LogP contribution in [0.25, 0.3) is 0 Å². The molecule has 0 fully saturated rings. The monoisotopic (exact) mass is 297 g/mol. The predicted octanol–water partition coefficient (Wildman–Crippen LogP) is 1.54. The van der Waals surface area contributed by atoms with E-state index in [-0.39, 0.29) is 4.90 Å². The maximum absolute atomic E-state index is 12.2. The van der Waals surface area contributed by atoms with Gasteiger partial charge in [0.15, 0.2) is 11.5 Å². The first-order chi connectivity index (χ1) is 9.47. The lowest BCUT2D eigenvalue weighted by atomic mass is 10.3. The van der Waals surface area contributed by atoms with Crippen molar-refractivity contribution < 1.29 is 17.9 Å². The summed E-state index contributed by atoms with van der Waals surface area (Å²) in [6, 6.07) is 4.76. The van der Waals surface area contributed by atoms with Crippen LogP contribution in [0.2, 0.25) is 0 Å². The van der Waals surface area contributed by atoms with Crippen molar-refractivity contribution in [3.05, 3.63) is 30.1 Å². The fourth-order valence-electron chi connectivity index (χ4n) is 1.72. The molecule has 8 heteroatoms. The third-order valence-corrected chi connectivity index (χ3v) is 4.20. The molecule has 2 aromatic rings. The Morgan fingerprint density at radius 2 is 1.90 bits per heavy atom. The first-order valence-corrected chi connectivity index (χ1v) is 7.21. The number of aromatic nitrogens is 2. The van der Waals surface area contributed by atoms with Crippen LogP contribution in [0.1, 0.15) is 5.69 Å². The van der Waals surface area contributed by atoms with E-state index < -0.39 is 10.0 Å². The Morgan fingerprint density at radius 1 is 1.20 bits per heavy atom. The highest BCUT2D eigenvalue weighted by atomic mass is 32.2. The molecule has 1 heterocycles. The number of nitrogens with zero attached hydrogens (tertiary/aromatic N) is 1. The zero-order chi connectivity index (χ0) is 14.8. The Balaban J connectivity index is 2.33. The van der Waals surface area contributed by atoms with Gasteiger partial charge in [0.25, 0.3) is 10.0 Å². The Bertz CT molecular complexity index is 709. The third kappa shape index (κ3) is 2.69. The molecule has 0 radical (unpaired) electrons. The number of methoxy groups -OCH3 is 2. The summed E-state index contributed by atoms with van der Waals surface area (Å²) in [6.45, 7) is 1.64. The molecule has 2 N–H and O–H groups in total. The van der Waals surface area contributed by atoms with Crippen LogP contribution in [0, 0.1) is 6.92 Å². The number of benzene rings is 1. The Morgan fingerprint density at radius 3 is 2.45 bits per heavy atom. The molecule has 0 aliphatic rings. The molecule has 0 saturated carbocycles. The van der Waals surface area contributed by atoms with Gasteiger partial charge in [0.05, 0.1) is 31.8 Å². The van der Waals surface area contributed by atoms with Gasteiger partial charge >= 0.3 is 0 Å². The van der Waals surface area contributed by atoms with Gasteiger partial charge in [-0.05, 0) is 19.1 Å². The number of aryl methyl sites for hydroxylation is 1. The number of aromatic amines is 1. The summed E-state index contributed by atoms with van der Waals surface area (Å²) in [5.74, 6) is 0.964. The lowest BCUT2D eigenvalue weighted by molar-refractivity contribution is 0.355. The van der Waals surface area contributed by atoms with Gasteiger partial charge in [0, 0.05) is 6.07 Å². The summed E-state index contributed by atoms with van der Waals surface area (Å²) < 4.78 is 37.1. The van der Waals surface area contributed by atoms with E-state index in [9.17, 15) is 8.42 Å². The predicted molar refractivity (Wildman–Crippen MR) is 73.7 cm³/mol. The van der Waals surface area contributed by atoms with Crippen molar-refractivity contribution in [2.75, 3.05) is 18.9 Å². The number of rotatable bonds is 5. The molecular formula is C12H15N3O4S. The summed E-state index contributed by atoms with van der Waals surface area (Å²) in [5.41, 5.74) is 0.848. The molecule has 0 spiro atoms. The van der Waals surface area contributed by atoms with E-state index in [1.54, 1.807) is 25.1 Å². The highest BCUT2D eigenvalue weighted by molar-refractivity contribution is 7.92. The van der Waals surface area contributed by atoms with E-state index in [0.29, 0.717) is 22.9 Å². The number of sulfonamides is 1. The van der Waals surface area contributed by atoms with Crippen LogP contribution < -0.4 is 14.2 Å². The number of H-pyrrole nitrogens is 1. The molecule has 108 valence electrons. The fourth-order valence-corrected chi connectivity index (χ4v) is 2.91. The lowest BCUT2D eigenvalue weighted by Crippen LogP contribution is -2.13. The van der Waals surface area contributed by atoms with Gasteiger partial charge in [-0.1, -0.05) is 0 Å². The molecule has 0 unspecified atom stereocenters. The normalized spacial score (nSPS) is 11.2. The molecule has 0 bridgehead atoms. The van der Waals surface area contributed by atoms with Crippen molar-refractivity contribution in [2.45, 2.75) is 11.8 Å². The molecule has 7 nitrogen and oxygen atoms in total. The number of anilines is 1. The highest BCUT2D eigenvalue weighted by Crippen LogP contribution is 2.30. The Kier molecular flexibility index (Phi) is 3.84. The van der Waals surface area contributed by atoms with Gasteiger partial charge < -0.3 is 9.47 Å².